The fourth-order valence-corrected chi connectivity index (χ4v) is 2.41. The fourth-order valence-electron chi connectivity index (χ4n) is 2.12. The lowest BCUT2D eigenvalue weighted by molar-refractivity contribution is 0.171. The number of ether oxygens (including phenoxy) is 2. The van der Waals surface area contributed by atoms with Crippen molar-refractivity contribution < 1.29 is 14.6 Å². The minimum Gasteiger partial charge on any atom is -0.389 e. The Morgan fingerprint density at radius 3 is 2.45 bits per heavy atom. The summed E-state index contributed by atoms with van der Waals surface area (Å²) in [6, 6.07) is 5.82. The lowest BCUT2D eigenvalue weighted by atomic mass is 10.1. The van der Waals surface area contributed by atoms with Crippen molar-refractivity contribution in [3.8, 4) is 0 Å². The Hall–Kier alpha value is -0.810. The van der Waals surface area contributed by atoms with Crippen molar-refractivity contribution in [2.45, 2.75) is 26.0 Å². The highest BCUT2D eigenvalue weighted by molar-refractivity contribution is 6.33. The monoisotopic (exact) mass is 301 g/mol. The molecule has 0 bridgehead atoms. The lowest BCUT2D eigenvalue weighted by Crippen LogP contribution is -2.38. The summed E-state index contributed by atoms with van der Waals surface area (Å²) < 4.78 is 10.4. The summed E-state index contributed by atoms with van der Waals surface area (Å²) >= 11 is 6.36. The average molecular weight is 302 g/mol. The van der Waals surface area contributed by atoms with Gasteiger partial charge in [0, 0.05) is 26.8 Å². The Bertz CT molecular complexity index is 412. The minimum atomic E-state index is -0.523. The molecule has 0 heterocycles. The van der Waals surface area contributed by atoms with Gasteiger partial charge >= 0.3 is 0 Å². The fraction of sp³-hybridized carbons (Fsp3) is 0.600. The predicted octanol–water partition coefficient (Wildman–Crippen LogP) is 2.88. The van der Waals surface area contributed by atoms with Crippen molar-refractivity contribution in [3.05, 3.63) is 28.8 Å². The molecule has 1 rings (SSSR count). The maximum Gasteiger partial charge on any atom is 0.0762 e. The second kappa shape index (κ2) is 8.47. The van der Waals surface area contributed by atoms with Gasteiger partial charge in [-0.25, -0.2) is 0 Å². The van der Waals surface area contributed by atoms with Crippen LogP contribution in [0.25, 0.3) is 0 Å². The molecule has 20 heavy (non-hydrogen) atoms. The molecule has 4 nitrogen and oxygen atoms in total. The molecule has 0 fully saturated rings. The topological polar surface area (TPSA) is 41.9 Å². The van der Waals surface area contributed by atoms with E-state index in [1.54, 1.807) is 27.2 Å². The zero-order valence-corrected chi connectivity index (χ0v) is 13.4. The quantitative estimate of drug-likeness (QED) is 0.802. The van der Waals surface area contributed by atoms with E-state index in [4.69, 9.17) is 21.1 Å². The lowest BCUT2D eigenvalue weighted by Gasteiger charge is -2.31. The molecule has 0 aliphatic carbocycles. The SMILES string of the molecule is COCCN(c1ccc([C@H](C)O)cc1Cl)C(C)COC. The van der Waals surface area contributed by atoms with Gasteiger partial charge in [-0.2, -0.15) is 0 Å². The van der Waals surface area contributed by atoms with Crippen LogP contribution in [-0.2, 0) is 9.47 Å². The molecular formula is C15H24ClNO3. The van der Waals surface area contributed by atoms with E-state index in [0.29, 0.717) is 18.2 Å². The number of aliphatic hydroxyl groups excluding tert-OH is 1. The maximum atomic E-state index is 9.60. The van der Waals surface area contributed by atoms with E-state index < -0.39 is 6.10 Å². The number of anilines is 1. The van der Waals surface area contributed by atoms with Gasteiger partial charge in [-0.05, 0) is 31.5 Å². The Morgan fingerprint density at radius 1 is 1.25 bits per heavy atom. The summed E-state index contributed by atoms with van der Waals surface area (Å²) in [5, 5.41) is 10.2. The highest BCUT2D eigenvalue weighted by atomic mass is 35.5. The number of rotatable bonds is 8. The van der Waals surface area contributed by atoms with E-state index >= 15 is 0 Å². The molecule has 0 saturated carbocycles. The molecule has 1 aromatic carbocycles. The van der Waals surface area contributed by atoms with Crippen LogP contribution in [0.15, 0.2) is 18.2 Å². The third kappa shape index (κ3) is 4.63. The van der Waals surface area contributed by atoms with Gasteiger partial charge in [0.15, 0.2) is 0 Å². The molecule has 0 aromatic heterocycles. The predicted molar refractivity (Wildman–Crippen MR) is 82.6 cm³/mol. The zero-order chi connectivity index (χ0) is 15.1. The van der Waals surface area contributed by atoms with Crippen molar-refractivity contribution >= 4 is 17.3 Å². The first kappa shape index (κ1) is 17.2. The number of nitrogens with zero attached hydrogens (tertiary/aromatic N) is 1. The number of benzene rings is 1. The molecule has 0 saturated heterocycles. The molecule has 0 aliphatic heterocycles. The van der Waals surface area contributed by atoms with Crippen LogP contribution >= 0.6 is 11.6 Å². The summed E-state index contributed by atoms with van der Waals surface area (Å²) in [5.74, 6) is 0. The number of methoxy groups -OCH3 is 2. The van der Waals surface area contributed by atoms with Gasteiger partial charge in [0.1, 0.15) is 0 Å². The van der Waals surface area contributed by atoms with Gasteiger partial charge in [0.05, 0.1) is 30.0 Å². The highest BCUT2D eigenvalue weighted by Crippen LogP contribution is 2.30. The molecule has 0 amide bonds. The van der Waals surface area contributed by atoms with E-state index in [0.717, 1.165) is 17.8 Å². The van der Waals surface area contributed by atoms with Crippen molar-refractivity contribution in [1.29, 1.82) is 0 Å². The third-order valence-corrected chi connectivity index (χ3v) is 3.54. The van der Waals surface area contributed by atoms with Crippen molar-refractivity contribution in [2.75, 3.05) is 38.9 Å². The summed E-state index contributed by atoms with van der Waals surface area (Å²) in [5.41, 5.74) is 1.74. The number of hydrogen-bond acceptors (Lipinski definition) is 4. The molecule has 5 heteroatoms. The molecule has 0 aliphatic rings. The first-order chi connectivity index (χ1) is 9.51. The van der Waals surface area contributed by atoms with Crippen molar-refractivity contribution in [2.24, 2.45) is 0 Å². The normalized spacial score (nSPS) is 14.1. The molecule has 1 N–H and O–H groups in total. The van der Waals surface area contributed by atoms with Crippen LogP contribution in [-0.4, -0.2) is 45.1 Å². The van der Waals surface area contributed by atoms with Crippen LogP contribution < -0.4 is 4.90 Å². The molecule has 114 valence electrons. The Labute approximate surface area is 126 Å². The van der Waals surface area contributed by atoms with Gasteiger partial charge < -0.3 is 19.5 Å². The van der Waals surface area contributed by atoms with Gasteiger partial charge in [0.25, 0.3) is 0 Å². The van der Waals surface area contributed by atoms with Gasteiger partial charge in [-0.15, -0.1) is 0 Å². The van der Waals surface area contributed by atoms with Crippen molar-refractivity contribution in [1.82, 2.24) is 0 Å². The molecule has 2 atom stereocenters. The van der Waals surface area contributed by atoms with Crippen LogP contribution in [0.3, 0.4) is 0 Å². The van der Waals surface area contributed by atoms with Crippen LogP contribution in [0, 0.1) is 0 Å². The summed E-state index contributed by atoms with van der Waals surface area (Å²) in [7, 11) is 3.36. The van der Waals surface area contributed by atoms with Crippen molar-refractivity contribution in [3.63, 3.8) is 0 Å². The number of aliphatic hydroxyl groups is 1. The average Bonchev–Trinajstić information content (AvgIpc) is 2.40. The zero-order valence-electron chi connectivity index (χ0n) is 12.6. The first-order valence-electron chi connectivity index (χ1n) is 6.73. The van der Waals surface area contributed by atoms with Gasteiger partial charge in [-0.1, -0.05) is 17.7 Å². The Morgan fingerprint density at radius 2 is 1.95 bits per heavy atom. The summed E-state index contributed by atoms with van der Waals surface area (Å²) in [4.78, 5) is 2.15. The van der Waals surface area contributed by atoms with E-state index in [1.165, 1.54) is 0 Å². The minimum absolute atomic E-state index is 0.185. The highest BCUT2D eigenvalue weighted by Gasteiger charge is 2.17. The van der Waals surface area contributed by atoms with Gasteiger partial charge in [0.2, 0.25) is 0 Å². The Balaban J connectivity index is 3.00. The molecular weight excluding hydrogens is 278 g/mol. The molecule has 0 spiro atoms. The second-order valence-electron chi connectivity index (χ2n) is 4.88. The maximum absolute atomic E-state index is 9.60. The smallest absolute Gasteiger partial charge is 0.0762 e. The van der Waals surface area contributed by atoms with Crippen LogP contribution in [0.5, 0.6) is 0 Å². The standard InChI is InChI=1S/C15H24ClNO3/c1-11(10-20-4)17(7-8-19-3)15-6-5-13(12(2)18)9-14(15)16/h5-6,9,11-12,18H,7-8,10H2,1-4H3/t11?,12-/m0/s1. The molecule has 1 aromatic rings. The second-order valence-corrected chi connectivity index (χ2v) is 5.28. The van der Waals surface area contributed by atoms with E-state index in [9.17, 15) is 5.11 Å². The van der Waals surface area contributed by atoms with E-state index in [-0.39, 0.29) is 6.04 Å². The molecule has 0 radical (unpaired) electrons. The number of halogens is 1. The third-order valence-electron chi connectivity index (χ3n) is 3.24. The number of hydrogen-bond donors (Lipinski definition) is 1. The largest absolute Gasteiger partial charge is 0.389 e. The van der Waals surface area contributed by atoms with Crippen LogP contribution in [0.4, 0.5) is 5.69 Å². The molecule has 1 unspecified atom stereocenters. The first-order valence-corrected chi connectivity index (χ1v) is 7.11. The van der Waals surface area contributed by atoms with Crippen LogP contribution in [0.2, 0.25) is 5.02 Å². The summed E-state index contributed by atoms with van der Waals surface area (Å²) in [6.07, 6.45) is -0.523. The van der Waals surface area contributed by atoms with Gasteiger partial charge in [-0.3, -0.25) is 0 Å². The van der Waals surface area contributed by atoms with E-state index in [2.05, 4.69) is 11.8 Å². The Kier molecular flexibility index (Phi) is 7.30. The summed E-state index contributed by atoms with van der Waals surface area (Å²) in [6.45, 7) is 5.76. The van der Waals surface area contributed by atoms with E-state index in [1.807, 2.05) is 12.1 Å². The van der Waals surface area contributed by atoms with Crippen LogP contribution in [0.1, 0.15) is 25.5 Å².